The molecular weight excluding hydrogens is 312 g/mol. The van der Waals surface area contributed by atoms with E-state index in [2.05, 4.69) is 19.1 Å². The fourth-order valence-corrected chi connectivity index (χ4v) is 2.37. The highest BCUT2D eigenvalue weighted by atomic mass is 35.5. The number of pyridine rings is 1. The smallest absolute Gasteiger partial charge is 0.255 e. The molecule has 5 heteroatoms. The molecule has 2 aromatic carbocycles. The first kappa shape index (κ1) is 16.8. The van der Waals surface area contributed by atoms with E-state index in [1.54, 1.807) is 0 Å². The third-order valence-corrected chi connectivity index (χ3v) is 3.45. The Balaban J connectivity index is 0.00000192. The molecule has 0 atom stereocenters. The van der Waals surface area contributed by atoms with Crippen molar-refractivity contribution >= 4 is 29.2 Å². The van der Waals surface area contributed by atoms with Crippen LogP contribution in [0.2, 0.25) is 0 Å². The maximum absolute atomic E-state index is 10.7. The van der Waals surface area contributed by atoms with E-state index < -0.39 is 5.91 Å². The Kier molecular flexibility index (Phi) is 5.19. The van der Waals surface area contributed by atoms with Gasteiger partial charge in [-0.15, -0.1) is 12.4 Å². The van der Waals surface area contributed by atoms with Gasteiger partial charge >= 0.3 is 0 Å². The number of benzene rings is 2. The Morgan fingerprint density at radius 2 is 1.83 bits per heavy atom. The van der Waals surface area contributed by atoms with Crippen LogP contribution in [0.15, 0.2) is 54.6 Å². The predicted octanol–water partition coefficient (Wildman–Crippen LogP) is 3.50. The van der Waals surface area contributed by atoms with Crippen molar-refractivity contribution in [2.24, 2.45) is 5.73 Å². The molecule has 0 radical (unpaired) electrons. The van der Waals surface area contributed by atoms with Gasteiger partial charge in [-0.1, -0.05) is 18.2 Å². The highest BCUT2D eigenvalue weighted by molar-refractivity contribution is 5.85. The summed E-state index contributed by atoms with van der Waals surface area (Å²) in [7, 11) is 0. The van der Waals surface area contributed by atoms with Crippen LogP contribution < -0.4 is 10.5 Å². The van der Waals surface area contributed by atoms with Crippen LogP contribution in [-0.4, -0.2) is 17.5 Å². The number of para-hydroxylation sites is 1. The van der Waals surface area contributed by atoms with E-state index in [1.165, 1.54) is 5.56 Å². The van der Waals surface area contributed by atoms with Crippen molar-refractivity contribution < 1.29 is 9.53 Å². The number of aryl methyl sites for hydroxylation is 1. The number of hydrogen-bond donors (Lipinski definition) is 1. The maximum Gasteiger partial charge on any atom is 0.255 e. The van der Waals surface area contributed by atoms with Gasteiger partial charge in [0.2, 0.25) is 0 Å². The van der Waals surface area contributed by atoms with Gasteiger partial charge in [-0.05, 0) is 48.9 Å². The van der Waals surface area contributed by atoms with E-state index in [0.29, 0.717) is 5.75 Å². The van der Waals surface area contributed by atoms with Crippen molar-refractivity contribution in [3.63, 3.8) is 0 Å². The molecule has 23 heavy (non-hydrogen) atoms. The number of nitrogens with two attached hydrogens (primary N) is 1. The van der Waals surface area contributed by atoms with Crippen LogP contribution in [0, 0.1) is 6.92 Å². The molecular formula is C18H17ClN2O2. The molecule has 1 heterocycles. The molecule has 118 valence electrons. The molecule has 0 saturated carbocycles. The van der Waals surface area contributed by atoms with Gasteiger partial charge in [-0.2, -0.15) is 0 Å². The highest BCUT2D eigenvalue weighted by Crippen LogP contribution is 2.25. The largest absolute Gasteiger partial charge is 0.484 e. The van der Waals surface area contributed by atoms with Gasteiger partial charge in [-0.25, -0.2) is 4.98 Å². The van der Waals surface area contributed by atoms with E-state index in [1.807, 2.05) is 42.5 Å². The lowest BCUT2D eigenvalue weighted by atomic mass is 10.1. The Morgan fingerprint density at radius 1 is 1.13 bits per heavy atom. The minimum atomic E-state index is -0.490. The number of aromatic nitrogens is 1. The zero-order chi connectivity index (χ0) is 15.5. The standard InChI is InChI=1S/C18H16N2O2.ClH/c1-12-10-17(20-16-5-3-2-4-15(12)16)13-6-8-14(9-7-13)22-11-18(19)21;/h2-10H,11H2,1H3,(H2,19,21);1H. The topological polar surface area (TPSA) is 65.2 Å². The molecule has 0 spiro atoms. The van der Waals surface area contributed by atoms with Gasteiger partial charge in [0.05, 0.1) is 11.2 Å². The quantitative estimate of drug-likeness (QED) is 0.797. The van der Waals surface area contributed by atoms with Crippen molar-refractivity contribution in [3.8, 4) is 17.0 Å². The van der Waals surface area contributed by atoms with Crippen molar-refractivity contribution in [2.75, 3.05) is 6.61 Å². The number of nitrogens with zero attached hydrogens (tertiary/aromatic N) is 1. The Labute approximate surface area is 140 Å². The first-order chi connectivity index (χ1) is 10.6. The molecule has 0 bridgehead atoms. The third-order valence-electron chi connectivity index (χ3n) is 3.45. The van der Waals surface area contributed by atoms with E-state index in [4.69, 9.17) is 15.5 Å². The summed E-state index contributed by atoms with van der Waals surface area (Å²) in [5.41, 5.74) is 9.14. The second kappa shape index (κ2) is 7.11. The zero-order valence-corrected chi connectivity index (χ0v) is 13.5. The summed E-state index contributed by atoms with van der Waals surface area (Å²) in [6, 6.07) is 17.6. The van der Waals surface area contributed by atoms with E-state index >= 15 is 0 Å². The predicted molar refractivity (Wildman–Crippen MR) is 93.9 cm³/mol. The average molecular weight is 329 g/mol. The van der Waals surface area contributed by atoms with Crippen LogP contribution in [0.5, 0.6) is 5.75 Å². The summed E-state index contributed by atoms with van der Waals surface area (Å²) in [6.07, 6.45) is 0. The van der Waals surface area contributed by atoms with Gasteiger partial charge < -0.3 is 10.5 Å². The molecule has 4 nitrogen and oxygen atoms in total. The summed E-state index contributed by atoms with van der Waals surface area (Å²) in [5, 5.41) is 1.16. The van der Waals surface area contributed by atoms with Crippen molar-refractivity contribution in [1.29, 1.82) is 0 Å². The SMILES string of the molecule is Cc1cc(-c2ccc(OCC(N)=O)cc2)nc2ccccc12.Cl. The monoisotopic (exact) mass is 328 g/mol. The molecule has 0 aliphatic carbocycles. The average Bonchev–Trinajstić information content (AvgIpc) is 2.53. The molecule has 0 unspecified atom stereocenters. The number of rotatable bonds is 4. The lowest BCUT2D eigenvalue weighted by Gasteiger charge is -2.08. The van der Waals surface area contributed by atoms with Gasteiger partial charge in [0.1, 0.15) is 5.75 Å². The number of amides is 1. The summed E-state index contributed by atoms with van der Waals surface area (Å²) in [5.74, 6) is 0.121. The van der Waals surface area contributed by atoms with E-state index in [-0.39, 0.29) is 19.0 Å². The number of primary amides is 1. The lowest BCUT2D eigenvalue weighted by molar-refractivity contribution is -0.119. The second-order valence-electron chi connectivity index (χ2n) is 5.12. The molecule has 3 aromatic rings. The van der Waals surface area contributed by atoms with Crippen LogP contribution >= 0.6 is 12.4 Å². The Morgan fingerprint density at radius 3 is 2.52 bits per heavy atom. The zero-order valence-electron chi connectivity index (χ0n) is 12.7. The fraction of sp³-hybridized carbons (Fsp3) is 0.111. The third kappa shape index (κ3) is 3.79. The van der Waals surface area contributed by atoms with Gasteiger partial charge in [-0.3, -0.25) is 4.79 Å². The molecule has 2 N–H and O–H groups in total. The summed E-state index contributed by atoms with van der Waals surface area (Å²) in [6.45, 7) is 1.96. The molecule has 0 aliphatic rings. The van der Waals surface area contributed by atoms with E-state index in [0.717, 1.165) is 22.2 Å². The number of ether oxygens (including phenoxy) is 1. The maximum atomic E-state index is 10.7. The first-order valence-corrected chi connectivity index (χ1v) is 7.01. The van der Waals surface area contributed by atoms with Crippen LogP contribution in [0.1, 0.15) is 5.56 Å². The number of halogens is 1. The number of fused-ring (bicyclic) bond motifs is 1. The summed E-state index contributed by atoms with van der Waals surface area (Å²) in [4.78, 5) is 15.4. The van der Waals surface area contributed by atoms with Crippen molar-refractivity contribution in [1.82, 2.24) is 4.98 Å². The van der Waals surface area contributed by atoms with Gasteiger partial charge in [0.15, 0.2) is 6.61 Å². The number of carbonyl (C=O) groups excluding carboxylic acids is 1. The first-order valence-electron chi connectivity index (χ1n) is 7.01. The molecule has 0 fully saturated rings. The molecule has 1 amide bonds. The van der Waals surface area contributed by atoms with Crippen LogP contribution in [0.4, 0.5) is 0 Å². The highest BCUT2D eigenvalue weighted by Gasteiger charge is 2.05. The van der Waals surface area contributed by atoms with Crippen LogP contribution in [0.25, 0.3) is 22.2 Å². The fourth-order valence-electron chi connectivity index (χ4n) is 2.37. The Bertz CT molecular complexity index is 832. The molecule has 0 aliphatic heterocycles. The molecule has 1 aromatic heterocycles. The van der Waals surface area contributed by atoms with E-state index in [9.17, 15) is 4.79 Å². The summed E-state index contributed by atoms with van der Waals surface area (Å²) < 4.78 is 5.26. The van der Waals surface area contributed by atoms with Crippen LogP contribution in [-0.2, 0) is 4.79 Å². The van der Waals surface area contributed by atoms with Crippen LogP contribution in [0.3, 0.4) is 0 Å². The molecule has 3 rings (SSSR count). The van der Waals surface area contributed by atoms with Gasteiger partial charge in [0, 0.05) is 10.9 Å². The minimum Gasteiger partial charge on any atom is -0.484 e. The number of carbonyl (C=O) groups is 1. The number of hydrogen-bond acceptors (Lipinski definition) is 3. The minimum absolute atomic E-state index is 0. The lowest BCUT2D eigenvalue weighted by Crippen LogP contribution is -2.19. The normalized spacial score (nSPS) is 10.1. The second-order valence-corrected chi connectivity index (χ2v) is 5.12. The molecule has 0 saturated heterocycles. The van der Waals surface area contributed by atoms with Gasteiger partial charge in [0.25, 0.3) is 5.91 Å². The van der Waals surface area contributed by atoms with Crippen molar-refractivity contribution in [2.45, 2.75) is 6.92 Å². The summed E-state index contributed by atoms with van der Waals surface area (Å²) >= 11 is 0. The van der Waals surface area contributed by atoms with Crippen molar-refractivity contribution in [3.05, 3.63) is 60.2 Å². The Hall–Kier alpha value is -2.59.